The number of benzene rings is 1. The third kappa shape index (κ3) is 2.68. The van der Waals surface area contributed by atoms with E-state index in [2.05, 4.69) is 6.92 Å². The Morgan fingerprint density at radius 1 is 1.35 bits per heavy atom. The van der Waals surface area contributed by atoms with E-state index in [-0.39, 0.29) is 5.82 Å². The van der Waals surface area contributed by atoms with Crippen LogP contribution in [0.1, 0.15) is 43.2 Å². The predicted octanol–water partition coefficient (Wildman–Crippen LogP) is 3.61. The fraction of sp³-hybridized carbons (Fsp3) is 0.600. The third-order valence-corrected chi connectivity index (χ3v) is 4.19. The van der Waals surface area contributed by atoms with Gasteiger partial charge in [-0.3, -0.25) is 0 Å². The van der Waals surface area contributed by atoms with Crippen molar-refractivity contribution in [2.24, 2.45) is 17.6 Å². The van der Waals surface area contributed by atoms with Crippen molar-refractivity contribution in [3.8, 4) is 0 Å². The summed E-state index contributed by atoms with van der Waals surface area (Å²) in [5, 5.41) is 0. The molecule has 1 aromatic carbocycles. The molecular formula is C15H22FN. The Kier molecular flexibility index (Phi) is 3.82. The fourth-order valence-corrected chi connectivity index (χ4v) is 3.16. The molecule has 0 radical (unpaired) electrons. The second kappa shape index (κ2) is 5.18. The number of hydrogen-bond acceptors (Lipinski definition) is 1. The molecule has 0 spiro atoms. The van der Waals surface area contributed by atoms with Crippen LogP contribution in [0.25, 0.3) is 0 Å². The van der Waals surface area contributed by atoms with Gasteiger partial charge in [0.05, 0.1) is 0 Å². The molecule has 3 unspecified atom stereocenters. The summed E-state index contributed by atoms with van der Waals surface area (Å²) < 4.78 is 13.1. The smallest absolute Gasteiger partial charge is 0.123 e. The Balaban J connectivity index is 2.28. The Morgan fingerprint density at radius 3 is 2.76 bits per heavy atom. The van der Waals surface area contributed by atoms with Gasteiger partial charge in [0.25, 0.3) is 0 Å². The summed E-state index contributed by atoms with van der Waals surface area (Å²) in [6.07, 6.45) is 3.67. The molecule has 0 aromatic heterocycles. The maximum atomic E-state index is 13.1. The topological polar surface area (TPSA) is 26.0 Å². The van der Waals surface area contributed by atoms with Crippen molar-refractivity contribution < 1.29 is 4.39 Å². The van der Waals surface area contributed by atoms with Gasteiger partial charge in [-0.15, -0.1) is 0 Å². The van der Waals surface area contributed by atoms with E-state index < -0.39 is 0 Å². The molecule has 1 saturated carbocycles. The summed E-state index contributed by atoms with van der Waals surface area (Å²) in [6, 6.07) is 5.17. The molecule has 0 heterocycles. The average molecular weight is 235 g/mol. The minimum absolute atomic E-state index is 0.139. The van der Waals surface area contributed by atoms with Crippen LogP contribution in [0.4, 0.5) is 4.39 Å². The average Bonchev–Trinajstić information content (AvgIpc) is 2.29. The molecule has 17 heavy (non-hydrogen) atoms. The lowest BCUT2D eigenvalue weighted by Gasteiger charge is -2.35. The molecule has 3 atom stereocenters. The van der Waals surface area contributed by atoms with Crippen molar-refractivity contribution in [2.75, 3.05) is 6.54 Å². The maximum absolute atomic E-state index is 13.1. The lowest BCUT2D eigenvalue weighted by Crippen LogP contribution is -2.28. The Hall–Kier alpha value is -0.890. The second-order valence-electron chi connectivity index (χ2n) is 5.52. The third-order valence-electron chi connectivity index (χ3n) is 4.19. The van der Waals surface area contributed by atoms with Gasteiger partial charge in [0.15, 0.2) is 0 Å². The standard InChI is InChI=1S/C15H22FN/c1-10-3-4-12(9-17)15(7-10)14-6-5-13(16)8-11(14)2/h5-6,8,10,12,15H,3-4,7,9,17H2,1-2H3. The predicted molar refractivity (Wildman–Crippen MR) is 69.4 cm³/mol. The molecule has 1 fully saturated rings. The maximum Gasteiger partial charge on any atom is 0.123 e. The molecule has 0 amide bonds. The van der Waals surface area contributed by atoms with Crippen molar-refractivity contribution in [1.82, 2.24) is 0 Å². The van der Waals surface area contributed by atoms with Gasteiger partial charge < -0.3 is 5.73 Å². The first kappa shape index (κ1) is 12.6. The van der Waals surface area contributed by atoms with Gasteiger partial charge in [-0.1, -0.05) is 19.4 Å². The van der Waals surface area contributed by atoms with Crippen molar-refractivity contribution >= 4 is 0 Å². The summed E-state index contributed by atoms with van der Waals surface area (Å²) in [4.78, 5) is 0. The molecule has 1 nitrogen and oxygen atoms in total. The van der Waals surface area contributed by atoms with Gasteiger partial charge in [-0.25, -0.2) is 4.39 Å². The summed E-state index contributed by atoms with van der Waals surface area (Å²) in [6.45, 7) is 5.05. The van der Waals surface area contributed by atoms with Crippen LogP contribution in [0.15, 0.2) is 18.2 Å². The van der Waals surface area contributed by atoms with E-state index in [0.29, 0.717) is 11.8 Å². The van der Waals surface area contributed by atoms with Crippen molar-refractivity contribution in [3.63, 3.8) is 0 Å². The number of halogens is 1. The normalized spacial score (nSPS) is 29.3. The first-order valence-corrected chi connectivity index (χ1v) is 6.58. The van der Waals surface area contributed by atoms with E-state index in [9.17, 15) is 4.39 Å². The summed E-state index contributed by atoms with van der Waals surface area (Å²) in [5.74, 6) is 1.70. The van der Waals surface area contributed by atoms with E-state index in [1.165, 1.54) is 24.8 Å². The molecule has 94 valence electrons. The first-order chi connectivity index (χ1) is 8.11. The molecule has 1 aliphatic rings. The van der Waals surface area contributed by atoms with Gasteiger partial charge in [-0.2, -0.15) is 0 Å². The highest BCUT2D eigenvalue weighted by atomic mass is 19.1. The summed E-state index contributed by atoms with van der Waals surface area (Å²) >= 11 is 0. The van der Waals surface area contributed by atoms with E-state index in [0.717, 1.165) is 18.0 Å². The molecule has 0 aliphatic heterocycles. The number of rotatable bonds is 2. The molecule has 2 rings (SSSR count). The van der Waals surface area contributed by atoms with Crippen LogP contribution in [0.2, 0.25) is 0 Å². The van der Waals surface area contributed by atoms with Crippen LogP contribution >= 0.6 is 0 Å². The van der Waals surface area contributed by atoms with E-state index in [1.807, 2.05) is 13.0 Å². The zero-order valence-corrected chi connectivity index (χ0v) is 10.7. The van der Waals surface area contributed by atoms with Gasteiger partial charge in [0.1, 0.15) is 5.82 Å². The van der Waals surface area contributed by atoms with Gasteiger partial charge in [0, 0.05) is 0 Å². The first-order valence-electron chi connectivity index (χ1n) is 6.58. The molecule has 0 saturated heterocycles. The lowest BCUT2D eigenvalue weighted by atomic mass is 9.71. The minimum atomic E-state index is -0.139. The monoisotopic (exact) mass is 235 g/mol. The van der Waals surface area contributed by atoms with Gasteiger partial charge in [-0.05, 0) is 67.3 Å². The summed E-state index contributed by atoms with van der Waals surface area (Å²) in [7, 11) is 0. The van der Waals surface area contributed by atoms with Crippen LogP contribution in [0, 0.1) is 24.6 Å². The van der Waals surface area contributed by atoms with E-state index >= 15 is 0 Å². The SMILES string of the molecule is Cc1cc(F)ccc1C1CC(C)CCC1CN. The number of nitrogens with two attached hydrogens (primary N) is 1. The Bertz CT molecular complexity index is 389. The number of hydrogen-bond donors (Lipinski definition) is 1. The summed E-state index contributed by atoms with van der Waals surface area (Å²) in [5.41, 5.74) is 8.25. The van der Waals surface area contributed by atoms with Crippen LogP contribution in [-0.4, -0.2) is 6.54 Å². The molecule has 0 bridgehead atoms. The molecule has 2 N–H and O–H groups in total. The fourth-order valence-electron chi connectivity index (χ4n) is 3.16. The van der Waals surface area contributed by atoms with Gasteiger partial charge >= 0.3 is 0 Å². The van der Waals surface area contributed by atoms with Crippen LogP contribution in [-0.2, 0) is 0 Å². The van der Waals surface area contributed by atoms with Crippen LogP contribution in [0.5, 0.6) is 0 Å². The van der Waals surface area contributed by atoms with E-state index in [1.54, 1.807) is 12.1 Å². The lowest BCUT2D eigenvalue weighted by molar-refractivity contribution is 0.253. The molecule has 2 heteroatoms. The minimum Gasteiger partial charge on any atom is -0.330 e. The van der Waals surface area contributed by atoms with Gasteiger partial charge in [0.2, 0.25) is 0 Å². The highest BCUT2D eigenvalue weighted by molar-refractivity contribution is 5.31. The largest absolute Gasteiger partial charge is 0.330 e. The Labute approximate surface area is 103 Å². The van der Waals surface area contributed by atoms with E-state index in [4.69, 9.17) is 5.73 Å². The highest BCUT2D eigenvalue weighted by Gasteiger charge is 2.29. The van der Waals surface area contributed by atoms with Crippen LogP contribution < -0.4 is 5.73 Å². The highest BCUT2D eigenvalue weighted by Crippen LogP contribution is 2.41. The molecule has 1 aromatic rings. The Morgan fingerprint density at radius 2 is 2.12 bits per heavy atom. The van der Waals surface area contributed by atoms with Crippen molar-refractivity contribution in [3.05, 3.63) is 35.1 Å². The molecular weight excluding hydrogens is 213 g/mol. The zero-order chi connectivity index (χ0) is 12.4. The molecule has 1 aliphatic carbocycles. The van der Waals surface area contributed by atoms with Crippen molar-refractivity contribution in [2.45, 2.75) is 39.0 Å². The quantitative estimate of drug-likeness (QED) is 0.832. The van der Waals surface area contributed by atoms with Crippen molar-refractivity contribution in [1.29, 1.82) is 0 Å². The zero-order valence-electron chi connectivity index (χ0n) is 10.7. The second-order valence-corrected chi connectivity index (χ2v) is 5.52. The number of aryl methyl sites for hydroxylation is 1. The van der Waals surface area contributed by atoms with Crippen LogP contribution in [0.3, 0.4) is 0 Å².